The van der Waals surface area contributed by atoms with Gasteiger partial charge in [-0.3, -0.25) is 4.79 Å². The van der Waals surface area contributed by atoms with E-state index in [-0.39, 0.29) is 18.7 Å². The van der Waals surface area contributed by atoms with Crippen molar-refractivity contribution in [3.63, 3.8) is 0 Å². The van der Waals surface area contributed by atoms with Crippen molar-refractivity contribution in [2.24, 2.45) is 11.1 Å². The van der Waals surface area contributed by atoms with E-state index in [1.165, 1.54) is 0 Å². The summed E-state index contributed by atoms with van der Waals surface area (Å²) in [6.07, 6.45) is 3.31. The summed E-state index contributed by atoms with van der Waals surface area (Å²) >= 11 is 0. The molecule has 0 fully saturated rings. The normalized spacial score (nSPS) is 11.8. The van der Waals surface area contributed by atoms with Crippen LogP contribution in [-0.2, 0) is 4.79 Å². The van der Waals surface area contributed by atoms with E-state index >= 15 is 0 Å². The van der Waals surface area contributed by atoms with Crippen LogP contribution in [0.1, 0.15) is 39.6 Å². The molecule has 0 unspecified atom stereocenters. The van der Waals surface area contributed by atoms with Crippen molar-refractivity contribution < 1.29 is 9.53 Å². The lowest BCUT2D eigenvalue weighted by atomic mass is 9.94. The number of primary amides is 1. The molecular weight excluding hydrogens is 358 g/mol. The average molecular weight is 383 g/mol. The number of ether oxygens (including phenoxy) is 1. The first-order chi connectivity index (χ1) is 13.2. The Morgan fingerprint density at radius 3 is 2.71 bits per heavy atom. The van der Waals surface area contributed by atoms with Crippen LogP contribution in [0, 0.1) is 12.3 Å². The van der Waals surface area contributed by atoms with Gasteiger partial charge in [-0.1, -0.05) is 0 Å². The van der Waals surface area contributed by atoms with Gasteiger partial charge in [-0.05, 0) is 40.7 Å². The second-order valence-corrected chi connectivity index (χ2v) is 7.57. The highest BCUT2D eigenvalue weighted by atomic mass is 16.5. The lowest BCUT2D eigenvalue weighted by Crippen LogP contribution is -2.36. The Kier molecular flexibility index (Phi) is 5.17. The fraction of sp³-hybridized carbons (Fsp3) is 0.421. The molecule has 3 rings (SSSR count). The molecule has 3 aromatic heterocycles. The SMILES string of the molecule is Cc1nc2cnc(Nc3ccnc(OCC(C)(C)C(N)=O)n3)cc2n1C(C)C. The lowest BCUT2D eigenvalue weighted by molar-refractivity contribution is -0.127. The smallest absolute Gasteiger partial charge is 0.318 e. The fourth-order valence-corrected chi connectivity index (χ4v) is 2.77. The Morgan fingerprint density at radius 2 is 2.04 bits per heavy atom. The van der Waals surface area contributed by atoms with E-state index in [4.69, 9.17) is 10.5 Å². The monoisotopic (exact) mass is 383 g/mol. The van der Waals surface area contributed by atoms with Gasteiger partial charge >= 0.3 is 6.01 Å². The molecule has 0 aliphatic rings. The molecule has 9 nitrogen and oxygen atoms in total. The van der Waals surface area contributed by atoms with E-state index in [0.717, 1.165) is 16.9 Å². The topological polar surface area (TPSA) is 121 Å². The first kappa shape index (κ1) is 19.5. The van der Waals surface area contributed by atoms with Crippen LogP contribution >= 0.6 is 0 Å². The maximum absolute atomic E-state index is 11.4. The molecule has 0 saturated carbocycles. The molecule has 0 aromatic carbocycles. The van der Waals surface area contributed by atoms with E-state index < -0.39 is 11.3 Å². The summed E-state index contributed by atoms with van der Waals surface area (Å²) in [5.74, 6) is 1.66. The van der Waals surface area contributed by atoms with Gasteiger partial charge in [0.1, 0.15) is 29.6 Å². The van der Waals surface area contributed by atoms with Crippen LogP contribution < -0.4 is 15.8 Å². The van der Waals surface area contributed by atoms with Crippen molar-refractivity contribution in [3.8, 4) is 6.01 Å². The number of imidazole rings is 1. The number of aryl methyl sites for hydroxylation is 1. The number of amides is 1. The van der Waals surface area contributed by atoms with Crippen LogP contribution in [0.15, 0.2) is 24.5 Å². The molecule has 3 aromatic rings. The molecule has 0 atom stereocenters. The van der Waals surface area contributed by atoms with E-state index in [1.54, 1.807) is 32.3 Å². The Labute approximate surface area is 163 Å². The molecule has 3 heterocycles. The number of nitrogens with one attached hydrogen (secondary N) is 1. The number of carbonyl (C=O) groups excluding carboxylic acids is 1. The summed E-state index contributed by atoms with van der Waals surface area (Å²) in [6, 6.07) is 4.09. The number of nitrogens with two attached hydrogens (primary N) is 1. The van der Waals surface area contributed by atoms with E-state index in [0.29, 0.717) is 11.6 Å². The van der Waals surface area contributed by atoms with E-state index in [2.05, 4.69) is 43.7 Å². The van der Waals surface area contributed by atoms with Crippen LogP contribution in [-0.4, -0.2) is 37.0 Å². The number of hydrogen-bond donors (Lipinski definition) is 2. The highest BCUT2D eigenvalue weighted by molar-refractivity contribution is 5.80. The van der Waals surface area contributed by atoms with Crippen molar-refractivity contribution in [1.82, 2.24) is 24.5 Å². The summed E-state index contributed by atoms with van der Waals surface area (Å²) < 4.78 is 7.69. The van der Waals surface area contributed by atoms with Gasteiger partial charge in [0.2, 0.25) is 5.91 Å². The quantitative estimate of drug-likeness (QED) is 0.643. The molecule has 0 aliphatic heterocycles. The zero-order chi connectivity index (χ0) is 20.5. The van der Waals surface area contributed by atoms with Crippen LogP contribution in [0.25, 0.3) is 11.0 Å². The molecular formula is C19H25N7O2. The van der Waals surface area contributed by atoms with Crippen molar-refractivity contribution in [2.75, 3.05) is 11.9 Å². The number of aromatic nitrogens is 5. The number of pyridine rings is 1. The van der Waals surface area contributed by atoms with Gasteiger partial charge in [-0.15, -0.1) is 0 Å². The van der Waals surface area contributed by atoms with E-state index in [9.17, 15) is 4.79 Å². The maximum Gasteiger partial charge on any atom is 0.318 e. The molecule has 9 heteroatoms. The molecule has 148 valence electrons. The highest BCUT2D eigenvalue weighted by Gasteiger charge is 2.26. The third-order valence-electron chi connectivity index (χ3n) is 4.39. The predicted molar refractivity (Wildman–Crippen MR) is 106 cm³/mol. The van der Waals surface area contributed by atoms with Crippen LogP contribution in [0.3, 0.4) is 0 Å². The minimum absolute atomic E-state index is 0.0862. The third kappa shape index (κ3) is 4.03. The summed E-state index contributed by atoms with van der Waals surface area (Å²) in [5, 5.41) is 3.16. The summed E-state index contributed by atoms with van der Waals surface area (Å²) in [5.41, 5.74) is 6.39. The number of anilines is 2. The first-order valence-corrected chi connectivity index (χ1v) is 9.05. The molecule has 0 aliphatic carbocycles. The molecule has 0 bridgehead atoms. The standard InChI is InChI=1S/C19H25N7O2/c1-11(2)26-12(3)23-13-9-22-16(8-14(13)26)24-15-6-7-21-18(25-15)28-10-19(4,5)17(20)27/h6-9,11H,10H2,1-5H3,(H2,20,27)(H,21,22,24,25). The Morgan fingerprint density at radius 1 is 1.29 bits per heavy atom. The van der Waals surface area contributed by atoms with Crippen molar-refractivity contribution in [2.45, 2.75) is 40.7 Å². The number of nitrogens with zero attached hydrogens (tertiary/aromatic N) is 5. The van der Waals surface area contributed by atoms with E-state index in [1.807, 2.05) is 13.0 Å². The number of hydrogen-bond acceptors (Lipinski definition) is 7. The van der Waals surface area contributed by atoms with Crippen LogP contribution in [0.4, 0.5) is 11.6 Å². The van der Waals surface area contributed by atoms with Gasteiger partial charge in [0.15, 0.2) is 0 Å². The molecule has 0 radical (unpaired) electrons. The largest absolute Gasteiger partial charge is 0.462 e. The van der Waals surface area contributed by atoms with Gasteiger partial charge in [0.25, 0.3) is 0 Å². The zero-order valence-electron chi connectivity index (χ0n) is 16.7. The lowest BCUT2D eigenvalue weighted by Gasteiger charge is -2.19. The number of rotatable bonds is 7. The molecule has 3 N–H and O–H groups in total. The van der Waals surface area contributed by atoms with Gasteiger partial charge in [0.05, 0.1) is 17.1 Å². The van der Waals surface area contributed by atoms with Crippen molar-refractivity contribution >= 4 is 28.6 Å². The molecule has 28 heavy (non-hydrogen) atoms. The van der Waals surface area contributed by atoms with Crippen LogP contribution in [0.5, 0.6) is 6.01 Å². The van der Waals surface area contributed by atoms with Crippen molar-refractivity contribution in [3.05, 3.63) is 30.4 Å². The van der Waals surface area contributed by atoms with Gasteiger partial charge in [0, 0.05) is 18.3 Å². The summed E-state index contributed by atoms with van der Waals surface area (Å²) in [4.78, 5) is 28.7. The van der Waals surface area contributed by atoms with Crippen LogP contribution in [0.2, 0.25) is 0 Å². The van der Waals surface area contributed by atoms with Gasteiger partial charge in [-0.2, -0.15) is 4.98 Å². The minimum atomic E-state index is -0.813. The summed E-state index contributed by atoms with van der Waals surface area (Å²) in [7, 11) is 0. The molecule has 0 spiro atoms. The van der Waals surface area contributed by atoms with Gasteiger partial charge in [-0.25, -0.2) is 15.0 Å². The Bertz CT molecular complexity index is 1010. The zero-order valence-corrected chi connectivity index (χ0v) is 16.7. The minimum Gasteiger partial charge on any atom is -0.462 e. The summed E-state index contributed by atoms with van der Waals surface area (Å²) in [6.45, 7) is 9.71. The Balaban J connectivity index is 1.80. The van der Waals surface area contributed by atoms with Crippen molar-refractivity contribution in [1.29, 1.82) is 0 Å². The highest BCUT2D eigenvalue weighted by Crippen LogP contribution is 2.24. The average Bonchev–Trinajstić information content (AvgIpc) is 2.95. The number of fused-ring (bicyclic) bond motifs is 1. The second kappa shape index (κ2) is 7.41. The molecule has 0 saturated heterocycles. The first-order valence-electron chi connectivity index (χ1n) is 9.05. The third-order valence-corrected chi connectivity index (χ3v) is 4.39. The predicted octanol–water partition coefficient (Wildman–Crippen LogP) is 2.74. The maximum atomic E-state index is 11.4. The molecule has 1 amide bonds. The van der Waals surface area contributed by atoms with Gasteiger partial charge < -0.3 is 20.4 Å². The Hall–Kier alpha value is -3.23. The number of carbonyl (C=O) groups is 1. The fourth-order valence-electron chi connectivity index (χ4n) is 2.77. The second-order valence-electron chi connectivity index (χ2n) is 7.57.